The van der Waals surface area contributed by atoms with Crippen LogP contribution in [0.4, 0.5) is 18.0 Å². The Balaban J connectivity index is 1.17. The van der Waals surface area contributed by atoms with Crippen LogP contribution in [0.25, 0.3) is 22.8 Å². The number of amides is 2. The number of ether oxygens (including phenoxy) is 1. The lowest BCUT2D eigenvalue weighted by molar-refractivity contribution is -0.274. The summed E-state index contributed by atoms with van der Waals surface area (Å²) in [7, 11) is 0. The molecule has 0 spiro atoms. The van der Waals surface area contributed by atoms with Crippen LogP contribution in [0, 0.1) is 6.92 Å². The molecule has 0 radical (unpaired) electrons. The number of carbonyl (C=O) groups is 1. The van der Waals surface area contributed by atoms with Gasteiger partial charge in [0.25, 0.3) is 0 Å². The largest absolute Gasteiger partial charge is 0.573 e. The molecule has 0 unspecified atom stereocenters. The van der Waals surface area contributed by atoms with E-state index in [0.717, 1.165) is 41.8 Å². The number of hydrogen-bond acceptors (Lipinski definition) is 5. The van der Waals surface area contributed by atoms with Gasteiger partial charge in [0.05, 0.1) is 16.9 Å². The number of nitrogens with one attached hydrogen (secondary N) is 1. The van der Waals surface area contributed by atoms with E-state index in [1.54, 1.807) is 0 Å². The minimum Gasteiger partial charge on any atom is -0.406 e. The summed E-state index contributed by atoms with van der Waals surface area (Å²) in [5, 5.41) is 9.58. The summed E-state index contributed by atoms with van der Waals surface area (Å²) in [4.78, 5) is 22.5. The molecule has 2 aromatic heterocycles. The van der Waals surface area contributed by atoms with Crippen molar-refractivity contribution in [2.45, 2.75) is 45.0 Å². The molecule has 1 fully saturated rings. The molecule has 220 valence electrons. The lowest BCUT2D eigenvalue weighted by Crippen LogP contribution is -2.34. The molecule has 8 nitrogen and oxygen atoms in total. The highest BCUT2D eigenvalue weighted by Crippen LogP contribution is 2.45. The molecule has 43 heavy (non-hydrogen) atoms. The topological polar surface area (TPSA) is 86.3 Å². The highest BCUT2D eigenvalue weighted by atomic mass is 32.1. The fourth-order valence-electron chi connectivity index (χ4n) is 4.98. The Kier molecular flexibility index (Phi) is 7.38. The van der Waals surface area contributed by atoms with Gasteiger partial charge in [0.2, 0.25) is 0 Å². The Morgan fingerprint density at radius 1 is 1.07 bits per heavy atom. The number of thiazole rings is 1. The molecule has 3 aromatic carbocycles. The standard InChI is InChI=1S/C31H27F3N6O2S/c1-3-21-6-4-5-7-26(21)40-20(2)18-43-29(40)36-28(41)37-30(16-17-30)23-10-8-22(9-11-23)27-35-19-39(38-27)24-12-14-25(15-13-24)42-31(32,33)34/h4-15,18-19H,3,16-17H2,1-2H3,(H,37,41)/b36-29-. The Labute approximate surface area is 249 Å². The van der Waals surface area contributed by atoms with Crippen molar-refractivity contribution in [3.8, 4) is 28.5 Å². The van der Waals surface area contributed by atoms with Crippen LogP contribution in [0.15, 0.2) is 89.5 Å². The van der Waals surface area contributed by atoms with Gasteiger partial charge in [-0.3, -0.25) is 4.57 Å². The van der Waals surface area contributed by atoms with Crippen molar-refractivity contribution in [1.29, 1.82) is 0 Å². The molecular weight excluding hydrogens is 577 g/mol. The third-order valence-electron chi connectivity index (χ3n) is 7.31. The fraction of sp³-hybridized carbons (Fsp3) is 0.226. The third-order valence-corrected chi connectivity index (χ3v) is 8.25. The van der Waals surface area contributed by atoms with E-state index in [0.29, 0.717) is 16.3 Å². The van der Waals surface area contributed by atoms with Gasteiger partial charge in [0.1, 0.15) is 12.1 Å². The zero-order valence-corrected chi connectivity index (χ0v) is 24.1. The number of benzene rings is 3. The van der Waals surface area contributed by atoms with E-state index in [2.05, 4.69) is 38.1 Å². The van der Waals surface area contributed by atoms with Crippen molar-refractivity contribution in [1.82, 2.24) is 24.6 Å². The van der Waals surface area contributed by atoms with Crippen LogP contribution in [0.1, 0.15) is 36.6 Å². The zero-order valence-electron chi connectivity index (χ0n) is 23.3. The maximum absolute atomic E-state index is 13.1. The van der Waals surface area contributed by atoms with E-state index < -0.39 is 17.9 Å². The highest BCUT2D eigenvalue weighted by molar-refractivity contribution is 7.07. The van der Waals surface area contributed by atoms with Crippen LogP contribution in [0.2, 0.25) is 0 Å². The predicted octanol–water partition coefficient (Wildman–Crippen LogP) is 6.86. The van der Waals surface area contributed by atoms with E-state index in [9.17, 15) is 18.0 Å². The minimum atomic E-state index is -4.75. The monoisotopic (exact) mass is 604 g/mol. The highest BCUT2D eigenvalue weighted by Gasteiger charge is 2.45. The number of nitrogens with zero attached hydrogens (tertiary/aromatic N) is 5. The van der Waals surface area contributed by atoms with Gasteiger partial charge in [-0.1, -0.05) is 49.4 Å². The molecule has 6 rings (SSSR count). The molecular formula is C31H27F3N6O2S. The summed E-state index contributed by atoms with van der Waals surface area (Å²) in [5.74, 6) is 0.142. The molecule has 1 aliphatic carbocycles. The summed E-state index contributed by atoms with van der Waals surface area (Å²) in [6, 6.07) is 20.8. The molecule has 0 aliphatic heterocycles. The molecule has 0 bridgehead atoms. The Bertz CT molecular complexity index is 1830. The molecule has 2 amide bonds. The molecule has 2 heterocycles. The lowest BCUT2D eigenvalue weighted by atomic mass is 10.0. The Hall–Kier alpha value is -4.71. The van der Waals surface area contributed by atoms with Gasteiger partial charge in [0, 0.05) is 16.6 Å². The van der Waals surface area contributed by atoms with Gasteiger partial charge in [-0.15, -0.1) is 29.6 Å². The van der Waals surface area contributed by atoms with Crippen LogP contribution in [-0.4, -0.2) is 31.7 Å². The van der Waals surface area contributed by atoms with Crippen molar-refractivity contribution in [3.63, 3.8) is 0 Å². The first kappa shape index (κ1) is 28.4. The smallest absolute Gasteiger partial charge is 0.406 e. The van der Waals surface area contributed by atoms with E-state index in [1.165, 1.54) is 52.2 Å². The Morgan fingerprint density at radius 3 is 2.47 bits per heavy atom. The van der Waals surface area contributed by atoms with E-state index in [-0.39, 0.29) is 5.75 Å². The van der Waals surface area contributed by atoms with Crippen LogP contribution in [0.5, 0.6) is 5.75 Å². The van der Waals surface area contributed by atoms with Gasteiger partial charge in [0.15, 0.2) is 10.6 Å². The van der Waals surface area contributed by atoms with Crippen molar-refractivity contribution in [3.05, 3.63) is 106 Å². The summed E-state index contributed by atoms with van der Waals surface area (Å²) < 4.78 is 44.7. The maximum atomic E-state index is 13.1. The molecule has 0 atom stereocenters. The second-order valence-corrected chi connectivity index (χ2v) is 11.1. The van der Waals surface area contributed by atoms with Gasteiger partial charge < -0.3 is 10.1 Å². The molecule has 1 saturated carbocycles. The summed E-state index contributed by atoms with van der Waals surface area (Å²) in [6.45, 7) is 4.11. The average molecular weight is 605 g/mol. The molecule has 0 saturated heterocycles. The number of aryl methyl sites for hydroxylation is 2. The quantitative estimate of drug-likeness (QED) is 0.220. The number of halogens is 3. The van der Waals surface area contributed by atoms with Crippen molar-refractivity contribution in [2.75, 3.05) is 0 Å². The van der Waals surface area contributed by atoms with Crippen LogP contribution in [-0.2, 0) is 12.0 Å². The molecule has 1 aliphatic rings. The SMILES string of the molecule is CCc1ccccc1-n1c(C)cs/c1=N\C(=O)NC1(c2ccc(-c3ncn(-c4ccc(OC(F)(F)F)cc4)n3)cc2)CC1. The van der Waals surface area contributed by atoms with Crippen molar-refractivity contribution < 1.29 is 22.7 Å². The number of urea groups is 1. The number of alkyl halides is 3. The predicted molar refractivity (Wildman–Crippen MR) is 156 cm³/mol. The van der Waals surface area contributed by atoms with Crippen molar-refractivity contribution >= 4 is 17.4 Å². The second-order valence-electron chi connectivity index (χ2n) is 10.2. The average Bonchev–Trinajstić information content (AvgIpc) is 3.43. The first-order valence-corrected chi connectivity index (χ1v) is 14.5. The number of para-hydroxylation sites is 1. The number of hydrogen-bond donors (Lipinski definition) is 1. The first-order valence-electron chi connectivity index (χ1n) is 13.7. The number of aromatic nitrogens is 4. The first-order chi connectivity index (χ1) is 20.6. The van der Waals surface area contributed by atoms with Gasteiger partial charge in [-0.2, -0.15) is 4.99 Å². The van der Waals surface area contributed by atoms with E-state index in [4.69, 9.17) is 0 Å². The lowest BCUT2D eigenvalue weighted by Gasteiger charge is -2.16. The fourth-order valence-corrected chi connectivity index (χ4v) is 5.85. The maximum Gasteiger partial charge on any atom is 0.573 e. The third kappa shape index (κ3) is 6.09. The van der Waals surface area contributed by atoms with Gasteiger partial charge >= 0.3 is 12.4 Å². The van der Waals surface area contributed by atoms with Gasteiger partial charge in [-0.05, 0) is 67.6 Å². The van der Waals surface area contributed by atoms with E-state index >= 15 is 0 Å². The van der Waals surface area contributed by atoms with Crippen LogP contribution < -0.4 is 14.9 Å². The zero-order chi connectivity index (χ0) is 30.2. The van der Waals surface area contributed by atoms with Gasteiger partial charge in [-0.25, -0.2) is 14.5 Å². The molecule has 5 aromatic rings. The number of rotatable bonds is 7. The summed E-state index contributed by atoms with van der Waals surface area (Å²) >= 11 is 1.43. The van der Waals surface area contributed by atoms with Crippen LogP contribution in [0.3, 0.4) is 0 Å². The normalized spacial score (nSPS) is 14.5. The molecule has 12 heteroatoms. The second kappa shape index (κ2) is 11.2. The summed E-state index contributed by atoms with van der Waals surface area (Å²) in [6.07, 6.45) is -0.789. The Morgan fingerprint density at radius 2 is 1.79 bits per heavy atom. The molecule has 1 N–H and O–H groups in total. The summed E-state index contributed by atoms with van der Waals surface area (Å²) in [5.41, 5.74) is 4.99. The van der Waals surface area contributed by atoms with E-state index in [1.807, 2.05) is 59.3 Å². The van der Waals surface area contributed by atoms with Crippen LogP contribution >= 0.6 is 11.3 Å². The minimum absolute atomic E-state index is 0.312. The van der Waals surface area contributed by atoms with Crippen molar-refractivity contribution in [2.24, 2.45) is 4.99 Å². The number of carbonyl (C=O) groups excluding carboxylic acids is 1.